The molecule has 0 spiro atoms. The van der Waals surface area contributed by atoms with Crippen LogP contribution >= 0.6 is 27.3 Å². The Morgan fingerprint density at radius 3 is 2.64 bits per heavy atom. The summed E-state index contributed by atoms with van der Waals surface area (Å²) in [5, 5.41) is 0.499. The number of ether oxygens (including phenoxy) is 1. The molecule has 10 heteroatoms. The van der Waals surface area contributed by atoms with Crippen molar-refractivity contribution in [1.82, 2.24) is 4.98 Å². The Bertz CT molecular complexity index is 1510. The molecule has 0 bridgehead atoms. The molecule has 5 rings (SSSR count). The largest absolute Gasteiger partial charge is 0.465 e. The minimum Gasteiger partial charge on any atom is -0.465 e. The minimum absolute atomic E-state index is 0.114. The van der Waals surface area contributed by atoms with Crippen LogP contribution in [0.15, 0.2) is 56.1 Å². The van der Waals surface area contributed by atoms with Gasteiger partial charge >= 0.3 is 5.97 Å². The topological polar surface area (TPSA) is 89.7 Å². The molecule has 3 heterocycles. The van der Waals surface area contributed by atoms with Gasteiger partial charge in [0.2, 0.25) is 5.76 Å². The number of hydrogen-bond donors (Lipinski definition) is 0. The molecule has 0 saturated heterocycles. The van der Waals surface area contributed by atoms with Gasteiger partial charge in [0.25, 0.3) is 5.91 Å². The third-order valence-corrected chi connectivity index (χ3v) is 7.01. The molecule has 2 aromatic carbocycles. The van der Waals surface area contributed by atoms with E-state index in [9.17, 15) is 18.8 Å². The summed E-state index contributed by atoms with van der Waals surface area (Å²) in [5.41, 5.74) is 0.902. The average Bonchev–Trinajstić information content (AvgIpc) is 3.32. The third-order valence-electron chi connectivity index (χ3n) is 5.38. The van der Waals surface area contributed by atoms with Crippen molar-refractivity contribution in [3.63, 3.8) is 0 Å². The number of amides is 1. The highest BCUT2D eigenvalue weighted by Crippen LogP contribution is 2.43. The van der Waals surface area contributed by atoms with Crippen molar-refractivity contribution < 1.29 is 23.1 Å². The Balaban J connectivity index is 1.78. The van der Waals surface area contributed by atoms with Gasteiger partial charge in [0.05, 0.1) is 29.8 Å². The van der Waals surface area contributed by atoms with Crippen molar-refractivity contribution in [3.8, 4) is 0 Å². The van der Waals surface area contributed by atoms with Crippen LogP contribution in [0.2, 0.25) is 0 Å². The number of esters is 1. The van der Waals surface area contributed by atoms with Gasteiger partial charge in [-0.05, 0) is 42.8 Å². The van der Waals surface area contributed by atoms with Gasteiger partial charge in [-0.1, -0.05) is 39.4 Å². The first-order valence-corrected chi connectivity index (χ1v) is 11.3. The predicted octanol–water partition coefficient (Wildman–Crippen LogP) is 5.00. The molecule has 0 fully saturated rings. The molecule has 7 nitrogen and oxygen atoms in total. The number of methoxy groups -OCH3 is 1. The van der Waals surface area contributed by atoms with Gasteiger partial charge < -0.3 is 9.15 Å². The fourth-order valence-corrected chi connectivity index (χ4v) is 5.24. The van der Waals surface area contributed by atoms with E-state index in [4.69, 9.17) is 9.15 Å². The smallest absolute Gasteiger partial charge is 0.350 e. The number of fused-ring (bicyclic) bond motifs is 2. The number of benzene rings is 2. The van der Waals surface area contributed by atoms with Crippen LogP contribution in [0, 0.1) is 12.7 Å². The summed E-state index contributed by atoms with van der Waals surface area (Å²) in [6.07, 6.45) is 0. The second kappa shape index (κ2) is 7.89. The van der Waals surface area contributed by atoms with Gasteiger partial charge in [-0.15, -0.1) is 0 Å². The maximum absolute atomic E-state index is 13.7. The van der Waals surface area contributed by atoms with Crippen molar-refractivity contribution in [2.45, 2.75) is 13.0 Å². The van der Waals surface area contributed by atoms with Crippen LogP contribution in [0.25, 0.3) is 11.0 Å². The molecule has 4 aromatic rings. The van der Waals surface area contributed by atoms with Gasteiger partial charge in [-0.25, -0.2) is 14.2 Å². The highest BCUT2D eigenvalue weighted by atomic mass is 79.9. The maximum atomic E-state index is 13.7. The highest BCUT2D eigenvalue weighted by Gasteiger charge is 2.45. The van der Waals surface area contributed by atoms with Crippen LogP contribution in [-0.4, -0.2) is 24.0 Å². The molecule has 2 aromatic heterocycles. The second-order valence-corrected chi connectivity index (χ2v) is 9.24. The Hall–Kier alpha value is -3.37. The van der Waals surface area contributed by atoms with E-state index in [0.29, 0.717) is 21.1 Å². The van der Waals surface area contributed by atoms with E-state index in [1.165, 1.54) is 36.3 Å². The van der Waals surface area contributed by atoms with Gasteiger partial charge in [-0.2, -0.15) is 0 Å². The molecule has 0 aliphatic carbocycles. The van der Waals surface area contributed by atoms with Crippen molar-refractivity contribution >= 4 is 55.2 Å². The zero-order chi connectivity index (χ0) is 23.4. The summed E-state index contributed by atoms with van der Waals surface area (Å²) >= 11 is 4.33. The second-order valence-electron chi connectivity index (χ2n) is 7.35. The van der Waals surface area contributed by atoms with E-state index >= 15 is 0 Å². The SMILES string of the molecule is COC(=O)c1sc(N2C(=O)c3oc4ccc(Br)cc4c(=O)c3C2c2ccc(F)cc2)nc1C. The van der Waals surface area contributed by atoms with Gasteiger partial charge in [0.1, 0.15) is 16.3 Å². The zero-order valence-electron chi connectivity index (χ0n) is 17.2. The third kappa shape index (κ3) is 3.37. The zero-order valence-corrected chi connectivity index (χ0v) is 19.6. The lowest BCUT2D eigenvalue weighted by atomic mass is 9.99. The molecule has 1 aliphatic rings. The number of nitrogens with zero attached hydrogens (tertiary/aromatic N) is 2. The fourth-order valence-electron chi connectivity index (χ4n) is 3.87. The summed E-state index contributed by atoms with van der Waals surface area (Å²) in [6.45, 7) is 1.63. The molecular weight excluding hydrogens is 515 g/mol. The lowest BCUT2D eigenvalue weighted by molar-refractivity contribution is 0.0605. The molecule has 1 aliphatic heterocycles. The van der Waals surface area contributed by atoms with Gasteiger partial charge in [-0.3, -0.25) is 14.5 Å². The first-order chi connectivity index (χ1) is 15.8. The van der Waals surface area contributed by atoms with Crippen LogP contribution in [0.5, 0.6) is 0 Å². The number of aromatic nitrogens is 1. The van der Waals surface area contributed by atoms with Crippen LogP contribution in [-0.2, 0) is 4.74 Å². The fraction of sp³-hybridized carbons (Fsp3) is 0.130. The molecule has 0 N–H and O–H groups in total. The number of anilines is 1. The van der Waals surface area contributed by atoms with E-state index < -0.39 is 23.7 Å². The van der Waals surface area contributed by atoms with Crippen LogP contribution in [0.1, 0.15) is 43.1 Å². The summed E-state index contributed by atoms with van der Waals surface area (Å²) < 4.78 is 25.0. The van der Waals surface area contributed by atoms with Gasteiger partial charge in [0, 0.05) is 4.47 Å². The summed E-state index contributed by atoms with van der Waals surface area (Å²) in [7, 11) is 1.26. The van der Waals surface area contributed by atoms with E-state index in [1.54, 1.807) is 25.1 Å². The molecule has 33 heavy (non-hydrogen) atoms. The number of carbonyl (C=O) groups excluding carboxylic acids is 2. The summed E-state index contributed by atoms with van der Waals surface area (Å²) in [4.78, 5) is 45.1. The van der Waals surface area contributed by atoms with Crippen LogP contribution in [0.4, 0.5) is 9.52 Å². The standard InChI is InChI=1S/C23H14BrFN2O5S/c1-10-20(22(30)31-2)33-23(26-10)27-17(11-3-6-13(25)7-4-11)16-18(28)14-9-12(24)5-8-15(14)32-19(16)21(27)29/h3-9,17H,1-2H3. The van der Waals surface area contributed by atoms with Gasteiger partial charge in [0.15, 0.2) is 10.6 Å². The molecule has 1 atom stereocenters. The number of aryl methyl sites for hydroxylation is 1. The average molecular weight is 529 g/mol. The number of carbonyl (C=O) groups is 2. The molecular formula is C23H14BrFN2O5S. The minimum atomic E-state index is -0.913. The molecule has 1 unspecified atom stereocenters. The number of halogens is 2. The van der Waals surface area contributed by atoms with Crippen LogP contribution in [0.3, 0.4) is 0 Å². The number of hydrogen-bond acceptors (Lipinski definition) is 7. The lowest BCUT2D eigenvalue weighted by Gasteiger charge is -2.22. The molecule has 0 radical (unpaired) electrons. The van der Waals surface area contributed by atoms with Crippen molar-refractivity contribution in [1.29, 1.82) is 0 Å². The molecule has 1 amide bonds. The quantitative estimate of drug-likeness (QED) is 0.348. The Morgan fingerprint density at radius 2 is 1.94 bits per heavy atom. The molecule has 166 valence electrons. The van der Waals surface area contributed by atoms with E-state index in [2.05, 4.69) is 20.9 Å². The normalized spacial score (nSPS) is 15.2. The number of rotatable bonds is 3. The van der Waals surface area contributed by atoms with E-state index in [-0.39, 0.29) is 32.3 Å². The monoisotopic (exact) mass is 528 g/mol. The lowest BCUT2D eigenvalue weighted by Crippen LogP contribution is -2.29. The Kier molecular flexibility index (Phi) is 5.13. The van der Waals surface area contributed by atoms with Crippen molar-refractivity contribution in [2.75, 3.05) is 12.0 Å². The van der Waals surface area contributed by atoms with Crippen molar-refractivity contribution in [2.24, 2.45) is 0 Å². The highest BCUT2D eigenvalue weighted by molar-refractivity contribution is 9.10. The van der Waals surface area contributed by atoms with Crippen LogP contribution < -0.4 is 10.3 Å². The Morgan fingerprint density at radius 1 is 1.21 bits per heavy atom. The van der Waals surface area contributed by atoms with Crippen molar-refractivity contribution in [3.05, 3.63) is 90.4 Å². The number of thiazole rings is 1. The first-order valence-electron chi connectivity index (χ1n) is 9.71. The molecule has 0 saturated carbocycles. The van der Waals surface area contributed by atoms with E-state index in [1.807, 2.05) is 0 Å². The predicted molar refractivity (Wildman–Crippen MR) is 123 cm³/mol. The first kappa shape index (κ1) is 21.5. The Labute approximate surface area is 198 Å². The van der Waals surface area contributed by atoms with E-state index in [0.717, 1.165) is 11.3 Å². The summed E-state index contributed by atoms with van der Waals surface area (Å²) in [6, 6.07) is 9.53. The maximum Gasteiger partial charge on any atom is 0.350 e. The summed E-state index contributed by atoms with van der Waals surface area (Å²) in [5.74, 6) is -1.73.